The number of carbonyl (C=O) groups is 2. The van der Waals surface area contributed by atoms with Crippen molar-refractivity contribution in [2.45, 2.75) is 13.2 Å². The van der Waals surface area contributed by atoms with Crippen molar-refractivity contribution in [3.63, 3.8) is 0 Å². The van der Waals surface area contributed by atoms with Crippen LogP contribution in [0.2, 0.25) is 0 Å². The van der Waals surface area contributed by atoms with E-state index in [0.29, 0.717) is 17.8 Å². The number of nitrogens with one attached hydrogen (secondary N) is 5. The maximum atomic E-state index is 15.3. The van der Waals surface area contributed by atoms with Crippen molar-refractivity contribution < 1.29 is 14.0 Å². The Morgan fingerprint density at radius 1 is 1.29 bits per heavy atom. The number of anilines is 2. The lowest BCUT2D eigenvalue weighted by molar-refractivity contribution is 0.0960. The van der Waals surface area contributed by atoms with Gasteiger partial charge in [0.05, 0.1) is 11.4 Å². The number of amides is 3. The molecule has 1 aliphatic rings. The van der Waals surface area contributed by atoms with Gasteiger partial charge in [-0.15, -0.1) is 0 Å². The Labute approximate surface area is 160 Å². The van der Waals surface area contributed by atoms with Crippen LogP contribution in [0.3, 0.4) is 0 Å². The molecule has 2 heterocycles. The van der Waals surface area contributed by atoms with Gasteiger partial charge in [0.15, 0.2) is 6.29 Å². The van der Waals surface area contributed by atoms with Crippen LogP contribution in [0.25, 0.3) is 11.1 Å². The molecule has 1 aromatic carbocycles. The Balaban J connectivity index is 2.07. The molecule has 5 N–H and O–H groups in total. The number of nitrogens with zero attached hydrogens (tertiary/aromatic N) is 1. The molecule has 0 fully saturated rings. The second-order valence-electron chi connectivity index (χ2n) is 6.20. The second kappa shape index (κ2) is 7.59. The SMILES string of the molecule is CCNC(=O)NC1Nc2cc(-c3ccn(C)c(=O)c3)c(F)c(C(=O)NC)c2N1. The fourth-order valence-corrected chi connectivity index (χ4v) is 2.94. The summed E-state index contributed by atoms with van der Waals surface area (Å²) in [5.74, 6) is -1.40. The van der Waals surface area contributed by atoms with Crippen LogP contribution in [0, 0.1) is 5.82 Å². The van der Waals surface area contributed by atoms with E-state index < -0.39 is 24.0 Å². The van der Waals surface area contributed by atoms with E-state index in [1.165, 1.54) is 29.9 Å². The first kappa shape index (κ1) is 19.2. The van der Waals surface area contributed by atoms with Crippen molar-refractivity contribution in [1.82, 2.24) is 20.5 Å². The first-order chi connectivity index (χ1) is 13.3. The number of pyridine rings is 1. The smallest absolute Gasteiger partial charge is 0.317 e. The van der Waals surface area contributed by atoms with Gasteiger partial charge in [-0.3, -0.25) is 9.59 Å². The lowest BCUT2D eigenvalue weighted by Crippen LogP contribution is -2.47. The number of carbonyl (C=O) groups excluding carboxylic acids is 2. The molecular formula is C18H21FN6O3. The minimum absolute atomic E-state index is 0.100. The topological polar surface area (TPSA) is 116 Å². The van der Waals surface area contributed by atoms with Gasteiger partial charge in [0.25, 0.3) is 11.5 Å². The molecule has 2 aromatic rings. The number of hydrogen-bond donors (Lipinski definition) is 5. The zero-order valence-corrected chi connectivity index (χ0v) is 15.6. The highest BCUT2D eigenvalue weighted by atomic mass is 19.1. The zero-order valence-electron chi connectivity index (χ0n) is 15.6. The fourth-order valence-electron chi connectivity index (χ4n) is 2.94. The molecule has 1 atom stereocenters. The zero-order chi connectivity index (χ0) is 20.4. The average molecular weight is 388 g/mol. The van der Waals surface area contributed by atoms with Gasteiger partial charge in [-0.25, -0.2) is 9.18 Å². The van der Waals surface area contributed by atoms with Crippen molar-refractivity contribution in [3.05, 3.63) is 46.1 Å². The minimum Gasteiger partial charge on any atom is -0.355 e. The third-order valence-corrected chi connectivity index (χ3v) is 4.33. The molecule has 0 saturated carbocycles. The van der Waals surface area contributed by atoms with E-state index >= 15 is 4.39 Å². The summed E-state index contributed by atoms with van der Waals surface area (Å²) in [4.78, 5) is 36.0. The molecule has 3 amide bonds. The van der Waals surface area contributed by atoms with Crippen LogP contribution in [0.1, 0.15) is 17.3 Å². The molecule has 148 valence electrons. The van der Waals surface area contributed by atoms with E-state index in [9.17, 15) is 14.4 Å². The van der Waals surface area contributed by atoms with Crippen LogP contribution in [0.15, 0.2) is 29.2 Å². The van der Waals surface area contributed by atoms with Crippen molar-refractivity contribution in [1.29, 1.82) is 0 Å². The van der Waals surface area contributed by atoms with Gasteiger partial charge in [-0.2, -0.15) is 0 Å². The van der Waals surface area contributed by atoms with Crippen LogP contribution < -0.4 is 32.1 Å². The van der Waals surface area contributed by atoms with E-state index in [4.69, 9.17) is 0 Å². The molecule has 10 heteroatoms. The molecule has 3 rings (SSSR count). The lowest BCUT2D eigenvalue weighted by atomic mass is 9.99. The highest BCUT2D eigenvalue weighted by molar-refractivity contribution is 6.05. The number of rotatable bonds is 4. The Morgan fingerprint density at radius 2 is 2.04 bits per heavy atom. The summed E-state index contributed by atoms with van der Waals surface area (Å²) < 4.78 is 16.6. The van der Waals surface area contributed by atoms with Gasteiger partial charge in [-0.05, 0) is 24.6 Å². The van der Waals surface area contributed by atoms with Crippen molar-refractivity contribution >= 4 is 23.3 Å². The number of hydrogen-bond acceptors (Lipinski definition) is 5. The first-order valence-corrected chi connectivity index (χ1v) is 8.68. The van der Waals surface area contributed by atoms with Gasteiger partial charge in [0.2, 0.25) is 0 Å². The van der Waals surface area contributed by atoms with E-state index in [1.807, 2.05) is 0 Å². The predicted octanol–water partition coefficient (Wildman–Crippen LogP) is 0.991. The fraction of sp³-hybridized carbons (Fsp3) is 0.278. The Bertz CT molecular complexity index is 1000. The molecule has 0 saturated heterocycles. The molecule has 0 radical (unpaired) electrons. The summed E-state index contributed by atoms with van der Waals surface area (Å²) in [5, 5.41) is 13.5. The summed E-state index contributed by atoms with van der Waals surface area (Å²) in [6, 6.07) is 3.96. The molecule has 9 nitrogen and oxygen atoms in total. The van der Waals surface area contributed by atoms with Gasteiger partial charge >= 0.3 is 6.03 Å². The van der Waals surface area contributed by atoms with Gasteiger partial charge in [0.1, 0.15) is 11.4 Å². The standard InChI is InChI=1S/C18H21FN6O3/c1-4-21-18(28)24-17-22-11-8-10(9-5-6-25(3)12(26)7-9)14(19)13(15(11)23-17)16(27)20-2/h5-8,17,22-23H,4H2,1-3H3,(H,20,27)(H2,21,24,28). The summed E-state index contributed by atoms with van der Waals surface area (Å²) in [6.45, 7) is 2.22. The van der Waals surface area contributed by atoms with Crippen LogP contribution in [-0.2, 0) is 7.05 Å². The average Bonchev–Trinajstić information content (AvgIpc) is 3.04. The Hall–Kier alpha value is -3.56. The van der Waals surface area contributed by atoms with Crippen LogP contribution in [0.5, 0.6) is 0 Å². The molecule has 0 spiro atoms. The number of aromatic nitrogens is 1. The van der Waals surface area contributed by atoms with Crippen LogP contribution in [0.4, 0.5) is 20.6 Å². The van der Waals surface area contributed by atoms with Gasteiger partial charge in [-0.1, -0.05) is 0 Å². The summed E-state index contributed by atoms with van der Waals surface area (Å²) in [6.07, 6.45) is 0.790. The van der Waals surface area contributed by atoms with E-state index in [1.54, 1.807) is 20.0 Å². The lowest BCUT2D eigenvalue weighted by Gasteiger charge is -2.15. The Morgan fingerprint density at radius 3 is 2.68 bits per heavy atom. The van der Waals surface area contributed by atoms with Crippen LogP contribution in [-0.4, -0.2) is 36.4 Å². The second-order valence-corrected chi connectivity index (χ2v) is 6.20. The van der Waals surface area contributed by atoms with E-state index in [0.717, 1.165) is 0 Å². The molecule has 0 bridgehead atoms. The molecule has 0 aliphatic carbocycles. The minimum atomic E-state index is -0.765. The summed E-state index contributed by atoms with van der Waals surface area (Å²) in [7, 11) is 2.98. The third kappa shape index (κ3) is 3.48. The third-order valence-electron chi connectivity index (χ3n) is 4.33. The number of fused-ring (bicyclic) bond motifs is 1. The largest absolute Gasteiger partial charge is 0.355 e. The molecule has 1 aliphatic heterocycles. The first-order valence-electron chi connectivity index (χ1n) is 8.68. The van der Waals surface area contributed by atoms with Crippen molar-refractivity contribution in [3.8, 4) is 11.1 Å². The number of benzene rings is 1. The van der Waals surface area contributed by atoms with Crippen molar-refractivity contribution in [2.75, 3.05) is 24.2 Å². The number of urea groups is 1. The summed E-state index contributed by atoms with van der Waals surface area (Å²) in [5.41, 5.74) is 0.589. The van der Waals surface area contributed by atoms with Crippen molar-refractivity contribution in [2.24, 2.45) is 7.05 Å². The normalized spacial score (nSPS) is 14.5. The van der Waals surface area contributed by atoms with Gasteiger partial charge < -0.3 is 31.2 Å². The van der Waals surface area contributed by atoms with Crippen LogP contribution >= 0.6 is 0 Å². The highest BCUT2D eigenvalue weighted by Gasteiger charge is 2.30. The summed E-state index contributed by atoms with van der Waals surface area (Å²) >= 11 is 0. The maximum Gasteiger partial charge on any atom is 0.317 e. The number of aryl methyl sites for hydroxylation is 1. The maximum absolute atomic E-state index is 15.3. The molecule has 28 heavy (non-hydrogen) atoms. The predicted molar refractivity (Wildman–Crippen MR) is 104 cm³/mol. The monoisotopic (exact) mass is 388 g/mol. The van der Waals surface area contributed by atoms with Gasteiger partial charge in [0, 0.05) is 38.5 Å². The quantitative estimate of drug-likeness (QED) is 0.536. The van der Waals surface area contributed by atoms with E-state index in [-0.39, 0.29) is 22.4 Å². The molecule has 1 unspecified atom stereocenters. The number of halogens is 1. The van der Waals surface area contributed by atoms with E-state index in [2.05, 4.69) is 26.6 Å². The molecular weight excluding hydrogens is 367 g/mol. The highest BCUT2D eigenvalue weighted by Crippen LogP contribution is 2.39. The molecule has 1 aromatic heterocycles. The Kier molecular flexibility index (Phi) is 5.21.